The molecule has 2 aromatic rings. The minimum absolute atomic E-state index is 0.0291. The summed E-state index contributed by atoms with van der Waals surface area (Å²) in [5, 5.41) is 7.76. The highest BCUT2D eigenvalue weighted by atomic mass is 35.5. The van der Waals surface area contributed by atoms with E-state index in [4.69, 9.17) is 21.1 Å². The van der Waals surface area contributed by atoms with Crippen molar-refractivity contribution in [2.24, 2.45) is 0 Å². The van der Waals surface area contributed by atoms with Crippen LogP contribution in [0.4, 0.5) is 31.5 Å². The number of ether oxygens (including phenoxy) is 2. The lowest BCUT2D eigenvalue weighted by atomic mass is 10.0. The molecule has 0 unspecified atom stereocenters. The maximum atomic E-state index is 13.3. The molecule has 1 aliphatic rings. The first-order valence-corrected chi connectivity index (χ1v) is 11.0. The van der Waals surface area contributed by atoms with E-state index in [1.54, 1.807) is 20.8 Å². The molecule has 0 bridgehead atoms. The molecule has 1 fully saturated rings. The zero-order valence-electron chi connectivity index (χ0n) is 19.3. The summed E-state index contributed by atoms with van der Waals surface area (Å²) in [5.74, 6) is -0.271. The molecule has 1 aromatic carbocycles. The fraction of sp³-hybridized carbons (Fsp3) is 0.524. The number of carbonyl (C=O) groups excluding carboxylic acids is 2. The lowest BCUT2D eigenvalue weighted by molar-refractivity contribution is -0.164. The molecule has 1 saturated carbocycles. The molecule has 1 aromatic heterocycles. The second-order valence-corrected chi connectivity index (χ2v) is 9.45. The molecule has 0 saturated heterocycles. The number of alkyl halides is 5. The van der Waals surface area contributed by atoms with Crippen molar-refractivity contribution in [1.29, 1.82) is 0 Å². The standard InChI is InChI=1S/C21H23ClF5N5O4/c1-19(2,3)36-17(33)30-14(9-35-18(34)31-20(6-7-20)21(25,26)27)11-4-5-13(22)12(8-11)15-28-10-29-32(15)16(23)24/h4-5,8,10,14,16H,6-7,9H2,1-3H3,(H,30,33)(H,31,34)/t14-/m1/s1. The van der Waals surface area contributed by atoms with Gasteiger partial charge in [-0.2, -0.15) is 31.7 Å². The van der Waals surface area contributed by atoms with E-state index in [-0.39, 0.29) is 34.8 Å². The molecule has 1 aliphatic carbocycles. The first kappa shape index (κ1) is 27.4. The molecule has 0 spiro atoms. The van der Waals surface area contributed by atoms with Crippen LogP contribution in [-0.2, 0) is 9.47 Å². The second kappa shape index (κ2) is 10.1. The Bertz CT molecular complexity index is 1110. The van der Waals surface area contributed by atoms with E-state index >= 15 is 0 Å². The fourth-order valence-electron chi connectivity index (χ4n) is 3.18. The monoisotopic (exact) mass is 539 g/mol. The highest BCUT2D eigenvalue weighted by Gasteiger charge is 2.64. The second-order valence-electron chi connectivity index (χ2n) is 9.05. The first-order chi connectivity index (χ1) is 16.6. The number of hydrogen-bond donors (Lipinski definition) is 2. The highest BCUT2D eigenvalue weighted by molar-refractivity contribution is 6.33. The highest BCUT2D eigenvalue weighted by Crippen LogP contribution is 2.49. The molecule has 15 heteroatoms. The minimum atomic E-state index is -4.65. The lowest BCUT2D eigenvalue weighted by Crippen LogP contribution is -2.48. The van der Waals surface area contributed by atoms with Crippen LogP contribution in [0.15, 0.2) is 24.5 Å². The van der Waals surface area contributed by atoms with E-state index in [1.807, 2.05) is 5.32 Å². The van der Waals surface area contributed by atoms with Crippen LogP contribution in [0.5, 0.6) is 0 Å². The van der Waals surface area contributed by atoms with Gasteiger partial charge >= 0.3 is 24.9 Å². The van der Waals surface area contributed by atoms with Crippen molar-refractivity contribution in [2.75, 3.05) is 6.61 Å². The zero-order chi connectivity index (χ0) is 26.9. The number of amides is 2. The summed E-state index contributed by atoms with van der Waals surface area (Å²) >= 11 is 6.17. The summed E-state index contributed by atoms with van der Waals surface area (Å²) in [6.07, 6.45) is -6.56. The van der Waals surface area contributed by atoms with Crippen LogP contribution >= 0.6 is 11.6 Å². The van der Waals surface area contributed by atoms with Gasteiger partial charge in [-0.05, 0) is 51.3 Å². The Morgan fingerprint density at radius 3 is 2.42 bits per heavy atom. The Balaban J connectivity index is 1.85. The lowest BCUT2D eigenvalue weighted by Gasteiger charge is -2.25. The van der Waals surface area contributed by atoms with Gasteiger partial charge in [-0.25, -0.2) is 14.6 Å². The predicted molar refractivity (Wildman–Crippen MR) is 116 cm³/mol. The maximum Gasteiger partial charge on any atom is 0.411 e. The van der Waals surface area contributed by atoms with Crippen molar-refractivity contribution in [3.8, 4) is 11.4 Å². The molecule has 0 aliphatic heterocycles. The van der Waals surface area contributed by atoms with Crippen molar-refractivity contribution in [3.63, 3.8) is 0 Å². The number of rotatable bonds is 7. The van der Waals surface area contributed by atoms with E-state index < -0.39 is 48.7 Å². The van der Waals surface area contributed by atoms with E-state index in [0.717, 1.165) is 6.33 Å². The van der Waals surface area contributed by atoms with Crippen molar-refractivity contribution in [1.82, 2.24) is 25.4 Å². The fourth-order valence-corrected chi connectivity index (χ4v) is 3.38. The molecule has 2 amide bonds. The number of alkyl carbamates (subject to hydrolysis) is 2. The van der Waals surface area contributed by atoms with Crippen molar-refractivity contribution < 1.29 is 41.0 Å². The SMILES string of the molecule is CC(C)(C)OC(=O)N[C@H](COC(=O)NC1(C(F)(F)F)CC1)c1ccc(Cl)c(-c2ncnn2C(F)F)c1. The Morgan fingerprint density at radius 2 is 1.86 bits per heavy atom. The molecule has 36 heavy (non-hydrogen) atoms. The van der Waals surface area contributed by atoms with Crippen LogP contribution < -0.4 is 10.6 Å². The summed E-state index contributed by atoms with van der Waals surface area (Å²) in [4.78, 5) is 28.3. The summed E-state index contributed by atoms with van der Waals surface area (Å²) in [7, 11) is 0. The number of carbonyl (C=O) groups is 2. The molecule has 9 nitrogen and oxygen atoms in total. The number of nitrogens with one attached hydrogen (secondary N) is 2. The molecule has 1 atom stereocenters. The van der Waals surface area contributed by atoms with Gasteiger partial charge in [0.05, 0.1) is 11.1 Å². The van der Waals surface area contributed by atoms with E-state index in [9.17, 15) is 31.5 Å². The van der Waals surface area contributed by atoms with Crippen LogP contribution in [0, 0.1) is 0 Å². The summed E-state index contributed by atoms with van der Waals surface area (Å²) in [5.41, 5.74) is -2.99. The van der Waals surface area contributed by atoms with Crippen molar-refractivity contribution in [2.45, 2.75) is 63.5 Å². The van der Waals surface area contributed by atoms with Gasteiger partial charge in [-0.3, -0.25) is 0 Å². The van der Waals surface area contributed by atoms with Gasteiger partial charge < -0.3 is 20.1 Å². The number of aromatic nitrogens is 3. The predicted octanol–water partition coefficient (Wildman–Crippen LogP) is 5.38. The van der Waals surface area contributed by atoms with Crippen molar-refractivity contribution in [3.05, 3.63) is 35.1 Å². The van der Waals surface area contributed by atoms with Crippen molar-refractivity contribution >= 4 is 23.8 Å². The van der Waals surface area contributed by atoms with Gasteiger partial charge in [0.2, 0.25) is 0 Å². The Morgan fingerprint density at radius 1 is 1.19 bits per heavy atom. The van der Waals surface area contributed by atoms with Gasteiger partial charge in [0.1, 0.15) is 24.1 Å². The summed E-state index contributed by atoms with van der Waals surface area (Å²) < 4.78 is 76.5. The number of hydrogen-bond acceptors (Lipinski definition) is 6. The van der Waals surface area contributed by atoms with Crippen LogP contribution in [-0.4, -0.2) is 50.9 Å². The third kappa shape index (κ3) is 6.53. The van der Waals surface area contributed by atoms with Gasteiger partial charge in [-0.1, -0.05) is 17.7 Å². The molecule has 3 rings (SSSR count). The van der Waals surface area contributed by atoms with Crippen LogP contribution in [0.3, 0.4) is 0 Å². The molecular weight excluding hydrogens is 517 g/mol. The zero-order valence-corrected chi connectivity index (χ0v) is 20.1. The minimum Gasteiger partial charge on any atom is -0.447 e. The summed E-state index contributed by atoms with van der Waals surface area (Å²) in [6.45, 7) is 1.19. The summed E-state index contributed by atoms with van der Waals surface area (Å²) in [6, 6.07) is 2.91. The first-order valence-electron chi connectivity index (χ1n) is 10.6. The van der Waals surface area contributed by atoms with Crippen LogP contribution in [0.2, 0.25) is 5.02 Å². The third-order valence-electron chi connectivity index (χ3n) is 5.10. The average molecular weight is 540 g/mol. The molecular formula is C21H23ClF5N5O4. The van der Waals surface area contributed by atoms with E-state index in [0.29, 0.717) is 4.68 Å². The van der Waals surface area contributed by atoms with Crippen LogP contribution in [0.1, 0.15) is 51.8 Å². The largest absolute Gasteiger partial charge is 0.447 e. The average Bonchev–Trinajstić information content (AvgIpc) is 3.36. The Labute approximate surface area is 207 Å². The molecule has 2 N–H and O–H groups in total. The normalized spacial score (nSPS) is 15.8. The van der Waals surface area contributed by atoms with Gasteiger partial charge in [0, 0.05) is 5.56 Å². The Hall–Kier alpha value is -3.16. The molecule has 1 heterocycles. The molecule has 198 valence electrons. The van der Waals surface area contributed by atoms with E-state index in [2.05, 4.69) is 15.4 Å². The van der Waals surface area contributed by atoms with Gasteiger partial charge in [-0.15, -0.1) is 0 Å². The Kier molecular flexibility index (Phi) is 7.67. The number of nitrogens with zero attached hydrogens (tertiary/aromatic N) is 3. The third-order valence-corrected chi connectivity index (χ3v) is 5.43. The topological polar surface area (TPSA) is 107 Å². The molecule has 0 radical (unpaired) electrons. The smallest absolute Gasteiger partial charge is 0.411 e. The van der Waals surface area contributed by atoms with Gasteiger partial charge in [0.25, 0.3) is 0 Å². The number of benzene rings is 1. The maximum absolute atomic E-state index is 13.3. The quantitative estimate of drug-likeness (QED) is 0.457. The van der Waals surface area contributed by atoms with Gasteiger partial charge in [0.15, 0.2) is 5.82 Å². The van der Waals surface area contributed by atoms with E-state index in [1.165, 1.54) is 18.2 Å². The van der Waals surface area contributed by atoms with Crippen LogP contribution in [0.25, 0.3) is 11.4 Å². The number of halogens is 6.